The summed E-state index contributed by atoms with van der Waals surface area (Å²) in [5.41, 5.74) is 0.143. The van der Waals surface area contributed by atoms with E-state index in [1.165, 1.54) is 0 Å². The number of hydrogen-bond donors (Lipinski definition) is 1. The van der Waals surface area contributed by atoms with Gasteiger partial charge in [0.05, 0.1) is 24.4 Å². The van der Waals surface area contributed by atoms with E-state index in [0.717, 1.165) is 11.3 Å². The lowest BCUT2D eigenvalue weighted by atomic mass is 9.84. The maximum absolute atomic E-state index is 10.7. The Labute approximate surface area is 109 Å². The summed E-state index contributed by atoms with van der Waals surface area (Å²) >= 11 is 0. The zero-order chi connectivity index (χ0) is 13.2. The molecule has 0 saturated carbocycles. The molecule has 1 aromatic carbocycles. The summed E-state index contributed by atoms with van der Waals surface area (Å²) in [6.07, 6.45) is 1.52. The van der Waals surface area contributed by atoms with Gasteiger partial charge in [-0.05, 0) is 38.5 Å². The van der Waals surface area contributed by atoms with Gasteiger partial charge in [-0.3, -0.25) is 0 Å². The Morgan fingerprint density at radius 2 is 2.22 bits per heavy atom. The maximum Gasteiger partial charge on any atom is 0.120 e. The average Bonchev–Trinajstić information content (AvgIpc) is 2.28. The van der Waals surface area contributed by atoms with E-state index in [-0.39, 0.29) is 12.2 Å². The van der Waals surface area contributed by atoms with E-state index >= 15 is 0 Å². The van der Waals surface area contributed by atoms with Gasteiger partial charge in [0.1, 0.15) is 5.75 Å². The molecule has 100 valence electrons. The molecule has 3 heteroatoms. The minimum absolute atomic E-state index is 0.0958. The Morgan fingerprint density at radius 1 is 1.44 bits per heavy atom. The summed E-state index contributed by atoms with van der Waals surface area (Å²) in [5.74, 6) is 0.815. The van der Waals surface area contributed by atoms with E-state index in [1.54, 1.807) is 0 Å². The van der Waals surface area contributed by atoms with Crippen molar-refractivity contribution < 1.29 is 14.6 Å². The van der Waals surface area contributed by atoms with Gasteiger partial charge in [0.15, 0.2) is 0 Å². The molecule has 0 radical (unpaired) electrons. The molecule has 18 heavy (non-hydrogen) atoms. The van der Waals surface area contributed by atoms with Crippen molar-refractivity contribution >= 4 is 0 Å². The normalized spacial score (nSPS) is 28.4. The summed E-state index contributed by atoms with van der Waals surface area (Å²) in [7, 11) is 0. The number of rotatable bonds is 3. The van der Waals surface area contributed by atoms with Crippen LogP contribution in [0.1, 0.15) is 39.2 Å². The second-order valence-electron chi connectivity index (χ2n) is 5.36. The van der Waals surface area contributed by atoms with Crippen LogP contribution in [0.25, 0.3) is 0 Å². The molecule has 0 amide bonds. The first-order valence-corrected chi connectivity index (χ1v) is 6.61. The first-order chi connectivity index (χ1) is 8.49. The van der Waals surface area contributed by atoms with Crippen LogP contribution in [-0.4, -0.2) is 23.9 Å². The lowest BCUT2D eigenvalue weighted by Crippen LogP contribution is -2.37. The van der Waals surface area contributed by atoms with Crippen LogP contribution in [-0.2, 0) is 10.3 Å². The molecule has 1 saturated heterocycles. The quantitative estimate of drug-likeness (QED) is 0.896. The van der Waals surface area contributed by atoms with Crippen molar-refractivity contribution in [1.82, 2.24) is 0 Å². The minimum Gasteiger partial charge on any atom is -0.491 e. The predicted octanol–water partition coefficient (Wildman–Crippen LogP) is 2.86. The highest BCUT2D eigenvalue weighted by molar-refractivity contribution is 5.33. The minimum atomic E-state index is -0.784. The Kier molecular flexibility index (Phi) is 3.93. The van der Waals surface area contributed by atoms with Crippen molar-refractivity contribution in [3.8, 4) is 5.75 Å². The van der Waals surface area contributed by atoms with Crippen molar-refractivity contribution in [2.75, 3.05) is 6.61 Å². The molecular formula is C15H22O3. The van der Waals surface area contributed by atoms with Gasteiger partial charge in [-0.2, -0.15) is 0 Å². The molecule has 1 aliphatic heterocycles. The van der Waals surface area contributed by atoms with Gasteiger partial charge >= 0.3 is 0 Å². The molecule has 1 N–H and O–H groups in total. The SMILES string of the molecule is CC(C)Oc1cccc(C2(O)CCOC(C)C2)c1. The maximum atomic E-state index is 10.7. The van der Waals surface area contributed by atoms with E-state index < -0.39 is 5.60 Å². The highest BCUT2D eigenvalue weighted by atomic mass is 16.5. The van der Waals surface area contributed by atoms with E-state index in [4.69, 9.17) is 9.47 Å². The molecule has 0 aromatic heterocycles. The van der Waals surface area contributed by atoms with Crippen molar-refractivity contribution in [1.29, 1.82) is 0 Å². The van der Waals surface area contributed by atoms with Crippen LogP contribution in [0.15, 0.2) is 24.3 Å². The van der Waals surface area contributed by atoms with Crippen LogP contribution < -0.4 is 4.74 Å². The Hall–Kier alpha value is -1.06. The fourth-order valence-electron chi connectivity index (χ4n) is 2.46. The number of hydrogen-bond acceptors (Lipinski definition) is 3. The largest absolute Gasteiger partial charge is 0.491 e. The number of benzene rings is 1. The lowest BCUT2D eigenvalue weighted by molar-refractivity contribution is -0.101. The zero-order valence-electron chi connectivity index (χ0n) is 11.3. The summed E-state index contributed by atoms with van der Waals surface area (Å²) in [4.78, 5) is 0. The second kappa shape index (κ2) is 5.29. The Balaban J connectivity index is 2.21. The van der Waals surface area contributed by atoms with Crippen molar-refractivity contribution in [3.63, 3.8) is 0 Å². The highest BCUT2D eigenvalue weighted by Crippen LogP contribution is 2.35. The molecule has 0 aliphatic carbocycles. The third kappa shape index (κ3) is 3.03. The summed E-state index contributed by atoms with van der Waals surface area (Å²) in [6, 6.07) is 7.77. The van der Waals surface area contributed by atoms with Crippen LogP contribution >= 0.6 is 0 Å². The molecule has 1 aromatic rings. The molecule has 0 bridgehead atoms. The topological polar surface area (TPSA) is 38.7 Å². The lowest BCUT2D eigenvalue weighted by Gasteiger charge is -2.36. The van der Waals surface area contributed by atoms with Crippen molar-refractivity contribution in [3.05, 3.63) is 29.8 Å². The van der Waals surface area contributed by atoms with Gasteiger partial charge in [-0.15, -0.1) is 0 Å². The molecular weight excluding hydrogens is 228 g/mol. The third-order valence-electron chi connectivity index (χ3n) is 3.29. The molecule has 1 aliphatic rings. The van der Waals surface area contributed by atoms with Gasteiger partial charge in [-0.1, -0.05) is 12.1 Å². The third-order valence-corrected chi connectivity index (χ3v) is 3.29. The molecule has 2 rings (SSSR count). The van der Waals surface area contributed by atoms with E-state index in [1.807, 2.05) is 45.0 Å². The van der Waals surface area contributed by atoms with Crippen LogP contribution in [0.4, 0.5) is 0 Å². The van der Waals surface area contributed by atoms with Crippen molar-refractivity contribution in [2.45, 2.75) is 51.4 Å². The molecule has 2 unspecified atom stereocenters. The zero-order valence-corrected chi connectivity index (χ0v) is 11.3. The van der Waals surface area contributed by atoms with E-state index in [9.17, 15) is 5.11 Å². The fraction of sp³-hybridized carbons (Fsp3) is 0.600. The summed E-state index contributed by atoms with van der Waals surface area (Å²) in [5, 5.41) is 10.7. The fourth-order valence-corrected chi connectivity index (χ4v) is 2.46. The predicted molar refractivity (Wildman–Crippen MR) is 70.8 cm³/mol. The number of aliphatic hydroxyl groups is 1. The highest BCUT2D eigenvalue weighted by Gasteiger charge is 2.35. The smallest absolute Gasteiger partial charge is 0.120 e. The Morgan fingerprint density at radius 3 is 2.89 bits per heavy atom. The second-order valence-corrected chi connectivity index (χ2v) is 5.36. The van der Waals surface area contributed by atoms with Crippen LogP contribution in [0.3, 0.4) is 0 Å². The first-order valence-electron chi connectivity index (χ1n) is 6.61. The summed E-state index contributed by atoms with van der Waals surface area (Å²) in [6.45, 7) is 6.60. The van der Waals surface area contributed by atoms with Crippen LogP contribution in [0.5, 0.6) is 5.75 Å². The molecule has 1 fully saturated rings. The van der Waals surface area contributed by atoms with Gasteiger partial charge in [0, 0.05) is 12.8 Å². The van der Waals surface area contributed by atoms with Crippen LogP contribution in [0, 0.1) is 0 Å². The molecule has 3 nitrogen and oxygen atoms in total. The average molecular weight is 250 g/mol. The monoisotopic (exact) mass is 250 g/mol. The molecule has 1 heterocycles. The van der Waals surface area contributed by atoms with Crippen LogP contribution in [0.2, 0.25) is 0 Å². The van der Waals surface area contributed by atoms with Gasteiger partial charge in [-0.25, -0.2) is 0 Å². The first kappa shape index (κ1) is 13.4. The van der Waals surface area contributed by atoms with Gasteiger partial charge in [0.2, 0.25) is 0 Å². The van der Waals surface area contributed by atoms with Crippen molar-refractivity contribution in [2.24, 2.45) is 0 Å². The van der Waals surface area contributed by atoms with Gasteiger partial charge < -0.3 is 14.6 Å². The summed E-state index contributed by atoms with van der Waals surface area (Å²) < 4.78 is 11.2. The number of ether oxygens (including phenoxy) is 2. The molecule has 0 spiro atoms. The van der Waals surface area contributed by atoms with Gasteiger partial charge in [0.25, 0.3) is 0 Å². The van der Waals surface area contributed by atoms with E-state index in [2.05, 4.69) is 0 Å². The Bertz CT molecular complexity index is 402. The van der Waals surface area contributed by atoms with E-state index in [0.29, 0.717) is 19.4 Å². The standard InChI is InChI=1S/C15H22O3/c1-11(2)18-14-6-4-5-13(9-14)15(16)7-8-17-12(3)10-15/h4-6,9,11-12,16H,7-8,10H2,1-3H3. The molecule has 2 atom stereocenters.